The molecule has 1 fully saturated rings. The first kappa shape index (κ1) is 12.9. The summed E-state index contributed by atoms with van der Waals surface area (Å²) in [7, 11) is 1.75. The minimum Gasteiger partial charge on any atom is -0.396 e. The number of tetrazole rings is 1. The first-order valence-electron chi connectivity index (χ1n) is 7.13. The Kier molecular flexibility index (Phi) is 3.54. The fourth-order valence-electron chi connectivity index (χ4n) is 2.74. The van der Waals surface area contributed by atoms with Gasteiger partial charge in [0.2, 0.25) is 5.82 Å². The number of anilines is 2. The van der Waals surface area contributed by atoms with Crippen LogP contribution in [0.4, 0.5) is 11.4 Å². The minimum absolute atomic E-state index is 0.524. The van der Waals surface area contributed by atoms with Gasteiger partial charge in [-0.05, 0) is 30.2 Å². The number of nitrogens with two attached hydrogens (primary N) is 1. The molecule has 1 heterocycles. The van der Waals surface area contributed by atoms with Gasteiger partial charge in [-0.3, -0.25) is 0 Å². The minimum atomic E-state index is 0.524. The molecule has 0 bridgehead atoms. The van der Waals surface area contributed by atoms with Gasteiger partial charge >= 0.3 is 0 Å². The molecule has 20 heavy (non-hydrogen) atoms. The molecule has 1 aromatic carbocycles. The highest BCUT2D eigenvalue weighted by molar-refractivity contribution is 5.82. The number of nitrogens with one attached hydrogen (secondary N) is 1. The molecule has 2 aromatic rings. The zero-order chi connectivity index (χ0) is 13.9. The van der Waals surface area contributed by atoms with Crippen LogP contribution in [-0.2, 0) is 7.05 Å². The van der Waals surface area contributed by atoms with Crippen molar-refractivity contribution < 1.29 is 0 Å². The van der Waals surface area contributed by atoms with E-state index in [4.69, 9.17) is 5.73 Å². The smallest absolute Gasteiger partial charge is 0.207 e. The Labute approximate surface area is 118 Å². The molecule has 1 aliphatic carbocycles. The summed E-state index contributed by atoms with van der Waals surface area (Å²) in [5, 5.41) is 15.7. The number of nitrogens with zero attached hydrogens (tertiary/aromatic N) is 4. The van der Waals surface area contributed by atoms with Crippen LogP contribution in [0.3, 0.4) is 0 Å². The van der Waals surface area contributed by atoms with Crippen molar-refractivity contribution in [1.82, 2.24) is 20.2 Å². The summed E-state index contributed by atoms with van der Waals surface area (Å²) in [5.41, 5.74) is 8.77. The Balaban J connectivity index is 1.85. The molecule has 106 valence electrons. The molecule has 0 atom stereocenters. The number of benzene rings is 1. The molecule has 1 saturated carbocycles. The van der Waals surface area contributed by atoms with Crippen LogP contribution in [0.5, 0.6) is 0 Å². The summed E-state index contributed by atoms with van der Waals surface area (Å²) < 4.78 is 0. The van der Waals surface area contributed by atoms with Crippen LogP contribution in [0.2, 0.25) is 0 Å². The largest absolute Gasteiger partial charge is 0.396 e. The molecule has 1 aromatic heterocycles. The average Bonchev–Trinajstić information content (AvgIpc) is 2.89. The maximum Gasteiger partial charge on any atom is 0.207 e. The van der Waals surface area contributed by atoms with Crippen LogP contribution in [0, 0.1) is 0 Å². The summed E-state index contributed by atoms with van der Waals surface area (Å²) in [5.74, 6) is 0.567. The molecule has 3 rings (SSSR count). The van der Waals surface area contributed by atoms with Crippen LogP contribution in [0.1, 0.15) is 32.1 Å². The lowest BCUT2D eigenvalue weighted by molar-refractivity contribution is 0.463. The lowest BCUT2D eigenvalue weighted by Crippen LogP contribution is -2.22. The van der Waals surface area contributed by atoms with Crippen LogP contribution < -0.4 is 11.1 Å². The van der Waals surface area contributed by atoms with Crippen LogP contribution >= 0.6 is 0 Å². The van der Waals surface area contributed by atoms with Crippen molar-refractivity contribution in [3.05, 3.63) is 18.2 Å². The van der Waals surface area contributed by atoms with E-state index in [0.29, 0.717) is 17.6 Å². The molecule has 0 amide bonds. The zero-order valence-corrected chi connectivity index (χ0v) is 11.7. The van der Waals surface area contributed by atoms with Gasteiger partial charge in [-0.2, -0.15) is 4.80 Å². The van der Waals surface area contributed by atoms with Crippen LogP contribution in [0.25, 0.3) is 11.4 Å². The summed E-state index contributed by atoms with van der Waals surface area (Å²) >= 11 is 0. The number of aryl methyl sites for hydroxylation is 1. The van der Waals surface area contributed by atoms with E-state index >= 15 is 0 Å². The topological polar surface area (TPSA) is 81.7 Å². The molecule has 3 N–H and O–H groups in total. The van der Waals surface area contributed by atoms with Gasteiger partial charge in [0.15, 0.2) is 0 Å². The summed E-state index contributed by atoms with van der Waals surface area (Å²) in [4.78, 5) is 1.44. The lowest BCUT2D eigenvalue weighted by Gasteiger charge is -2.24. The second-order valence-corrected chi connectivity index (χ2v) is 5.35. The molecule has 6 nitrogen and oxygen atoms in total. The number of para-hydroxylation sites is 1. The third kappa shape index (κ3) is 2.59. The zero-order valence-electron chi connectivity index (χ0n) is 11.7. The van der Waals surface area contributed by atoms with Crippen molar-refractivity contribution in [2.24, 2.45) is 7.05 Å². The molecule has 0 aliphatic heterocycles. The van der Waals surface area contributed by atoms with Crippen molar-refractivity contribution in [2.45, 2.75) is 38.1 Å². The van der Waals surface area contributed by atoms with E-state index in [9.17, 15) is 0 Å². The predicted molar refractivity (Wildman–Crippen MR) is 79.1 cm³/mol. The van der Waals surface area contributed by atoms with Gasteiger partial charge in [0, 0.05) is 11.6 Å². The van der Waals surface area contributed by atoms with E-state index in [-0.39, 0.29) is 0 Å². The molecular formula is C14H20N6. The van der Waals surface area contributed by atoms with Gasteiger partial charge in [-0.25, -0.2) is 0 Å². The number of hydrogen-bond acceptors (Lipinski definition) is 5. The summed E-state index contributed by atoms with van der Waals surface area (Å²) in [6.45, 7) is 0. The highest BCUT2D eigenvalue weighted by atomic mass is 15.6. The Bertz CT molecular complexity index is 585. The third-order valence-corrected chi connectivity index (χ3v) is 3.82. The number of aromatic nitrogens is 4. The number of rotatable bonds is 3. The van der Waals surface area contributed by atoms with Crippen molar-refractivity contribution in [3.8, 4) is 11.4 Å². The van der Waals surface area contributed by atoms with Crippen molar-refractivity contribution in [1.29, 1.82) is 0 Å². The van der Waals surface area contributed by atoms with Gasteiger partial charge in [-0.15, -0.1) is 10.2 Å². The maximum absolute atomic E-state index is 6.26. The second kappa shape index (κ2) is 5.48. The van der Waals surface area contributed by atoms with Gasteiger partial charge < -0.3 is 11.1 Å². The number of nitrogen functional groups attached to an aromatic ring is 1. The maximum atomic E-state index is 6.26. The van der Waals surface area contributed by atoms with E-state index in [1.54, 1.807) is 7.05 Å². The standard InChI is InChI=1S/C14H20N6/c1-20-18-14(17-19-20)11-8-5-9-12(13(11)15)16-10-6-3-2-4-7-10/h5,8-10,16H,2-4,6-7,15H2,1H3. The van der Waals surface area contributed by atoms with Gasteiger partial charge in [0.25, 0.3) is 0 Å². The normalized spacial score (nSPS) is 16.2. The monoisotopic (exact) mass is 272 g/mol. The van der Waals surface area contributed by atoms with E-state index in [1.165, 1.54) is 36.9 Å². The Morgan fingerprint density at radius 2 is 2.05 bits per heavy atom. The lowest BCUT2D eigenvalue weighted by atomic mass is 9.95. The van der Waals surface area contributed by atoms with Gasteiger partial charge in [-0.1, -0.05) is 25.3 Å². The van der Waals surface area contributed by atoms with E-state index in [2.05, 4.69) is 20.7 Å². The van der Waals surface area contributed by atoms with Gasteiger partial charge in [0.05, 0.1) is 18.4 Å². The SMILES string of the molecule is Cn1nnc(-c2cccc(NC3CCCCC3)c2N)n1. The molecule has 0 spiro atoms. The third-order valence-electron chi connectivity index (χ3n) is 3.82. The average molecular weight is 272 g/mol. The van der Waals surface area contributed by atoms with E-state index < -0.39 is 0 Å². The quantitative estimate of drug-likeness (QED) is 0.837. The molecule has 1 aliphatic rings. The van der Waals surface area contributed by atoms with Crippen LogP contribution in [-0.4, -0.2) is 26.2 Å². The van der Waals surface area contributed by atoms with E-state index in [1.807, 2.05) is 18.2 Å². The summed E-state index contributed by atoms with van der Waals surface area (Å²) in [6.07, 6.45) is 6.36. The fraction of sp³-hybridized carbons (Fsp3) is 0.500. The Morgan fingerprint density at radius 3 is 2.75 bits per heavy atom. The van der Waals surface area contributed by atoms with Gasteiger partial charge in [0.1, 0.15) is 0 Å². The molecule has 6 heteroatoms. The van der Waals surface area contributed by atoms with Crippen LogP contribution in [0.15, 0.2) is 18.2 Å². The molecular weight excluding hydrogens is 252 g/mol. The molecule has 0 radical (unpaired) electrons. The Morgan fingerprint density at radius 1 is 1.25 bits per heavy atom. The highest BCUT2D eigenvalue weighted by Crippen LogP contribution is 2.31. The highest BCUT2D eigenvalue weighted by Gasteiger charge is 2.16. The summed E-state index contributed by atoms with van der Waals surface area (Å²) in [6, 6.07) is 6.45. The number of hydrogen-bond donors (Lipinski definition) is 2. The first-order chi connectivity index (χ1) is 9.74. The molecule has 0 unspecified atom stereocenters. The Hall–Kier alpha value is -2.11. The van der Waals surface area contributed by atoms with Crippen molar-refractivity contribution >= 4 is 11.4 Å². The fourth-order valence-corrected chi connectivity index (χ4v) is 2.74. The van der Waals surface area contributed by atoms with Crippen molar-refractivity contribution in [2.75, 3.05) is 11.1 Å². The second-order valence-electron chi connectivity index (χ2n) is 5.35. The molecule has 0 saturated heterocycles. The predicted octanol–water partition coefficient (Wildman–Crippen LogP) is 2.20. The first-order valence-corrected chi connectivity index (χ1v) is 7.13. The van der Waals surface area contributed by atoms with Crippen molar-refractivity contribution in [3.63, 3.8) is 0 Å². The van der Waals surface area contributed by atoms with E-state index in [0.717, 1.165) is 11.3 Å².